The third-order valence-corrected chi connectivity index (χ3v) is 4.36. The monoisotopic (exact) mass is 357 g/mol. The molecule has 1 aromatic heterocycles. The number of nitrogens with zero attached hydrogens (tertiary/aromatic N) is 3. The van der Waals surface area contributed by atoms with Gasteiger partial charge in [0.2, 0.25) is 0 Å². The van der Waals surface area contributed by atoms with E-state index in [4.69, 9.17) is 11.5 Å². The predicted octanol–water partition coefficient (Wildman–Crippen LogP) is 3.51. The Kier molecular flexibility index (Phi) is 4.22. The lowest BCUT2D eigenvalue weighted by Gasteiger charge is -2.24. The maximum absolute atomic E-state index is 13.2. The van der Waals surface area contributed by atoms with Crippen molar-refractivity contribution in [2.75, 3.05) is 16.4 Å². The Balaban J connectivity index is 1.75. The summed E-state index contributed by atoms with van der Waals surface area (Å²) in [6.07, 6.45) is 1.87. The number of benzene rings is 3. The van der Waals surface area contributed by atoms with Crippen molar-refractivity contribution in [3.63, 3.8) is 0 Å². The Morgan fingerprint density at radius 2 is 1.70 bits per heavy atom. The molecule has 0 aliphatic carbocycles. The van der Waals surface area contributed by atoms with E-state index in [-0.39, 0.29) is 12.6 Å². The van der Waals surface area contributed by atoms with Crippen LogP contribution in [0, 0.1) is 0 Å². The van der Waals surface area contributed by atoms with Crippen LogP contribution in [0.25, 0.3) is 10.9 Å². The fourth-order valence-corrected chi connectivity index (χ4v) is 3.03. The number of aromatic nitrogens is 2. The molecule has 1 heterocycles. The molecule has 0 fully saturated rings. The normalized spacial score (nSPS) is 10.8. The lowest BCUT2D eigenvalue weighted by molar-refractivity contribution is 0.0978. The number of carbonyl (C=O) groups is 1. The van der Waals surface area contributed by atoms with Crippen LogP contribution in [0.5, 0.6) is 0 Å². The predicted molar refractivity (Wildman–Crippen MR) is 108 cm³/mol. The fourth-order valence-electron chi connectivity index (χ4n) is 3.03. The number of carbonyl (C=O) groups excluding carboxylic acids is 1. The van der Waals surface area contributed by atoms with Crippen LogP contribution in [0.15, 0.2) is 79.0 Å². The molecule has 0 bridgehead atoms. The highest BCUT2D eigenvalue weighted by Gasteiger charge is 2.20. The SMILES string of the molecule is Nc1ccc2nn(CN(C(=O)c3ccccc3)c3ccccc3N)cc2c1. The highest BCUT2D eigenvalue weighted by molar-refractivity contribution is 6.07. The average Bonchev–Trinajstić information content (AvgIpc) is 3.08. The summed E-state index contributed by atoms with van der Waals surface area (Å²) in [5.41, 5.74) is 15.2. The summed E-state index contributed by atoms with van der Waals surface area (Å²) >= 11 is 0. The van der Waals surface area contributed by atoms with Crippen LogP contribution in [0.4, 0.5) is 17.1 Å². The van der Waals surface area contributed by atoms with Crippen molar-refractivity contribution >= 4 is 33.9 Å². The van der Waals surface area contributed by atoms with Gasteiger partial charge in [0, 0.05) is 22.8 Å². The van der Waals surface area contributed by atoms with Gasteiger partial charge >= 0.3 is 0 Å². The molecule has 0 aliphatic heterocycles. The summed E-state index contributed by atoms with van der Waals surface area (Å²) in [4.78, 5) is 14.8. The minimum atomic E-state index is -0.146. The van der Waals surface area contributed by atoms with Gasteiger partial charge in [0.15, 0.2) is 0 Å². The molecular weight excluding hydrogens is 338 g/mol. The molecule has 0 spiro atoms. The maximum atomic E-state index is 13.2. The van der Waals surface area contributed by atoms with Crippen LogP contribution < -0.4 is 16.4 Å². The molecule has 6 heteroatoms. The number of para-hydroxylation sites is 2. The van der Waals surface area contributed by atoms with Gasteiger partial charge in [-0.2, -0.15) is 5.10 Å². The third-order valence-electron chi connectivity index (χ3n) is 4.36. The van der Waals surface area contributed by atoms with E-state index >= 15 is 0 Å². The summed E-state index contributed by atoms with van der Waals surface area (Å²) in [6.45, 7) is 0.233. The molecule has 3 aromatic carbocycles. The van der Waals surface area contributed by atoms with E-state index in [1.807, 2.05) is 60.8 Å². The molecule has 0 saturated carbocycles. The van der Waals surface area contributed by atoms with E-state index in [1.54, 1.807) is 27.8 Å². The molecule has 0 radical (unpaired) electrons. The Bertz CT molecular complexity index is 1100. The van der Waals surface area contributed by atoms with Gasteiger partial charge in [-0.3, -0.25) is 14.4 Å². The van der Waals surface area contributed by atoms with E-state index in [2.05, 4.69) is 5.10 Å². The van der Waals surface area contributed by atoms with Gasteiger partial charge in [-0.15, -0.1) is 0 Å². The first-order valence-electron chi connectivity index (χ1n) is 8.56. The molecule has 0 unspecified atom stereocenters. The van der Waals surface area contributed by atoms with Crippen molar-refractivity contribution < 1.29 is 4.79 Å². The van der Waals surface area contributed by atoms with E-state index in [0.717, 1.165) is 10.9 Å². The standard InChI is InChI=1S/C21H19N5O/c22-17-10-11-19-16(12-17)13-25(24-19)14-26(20-9-5-4-8-18(20)23)21(27)15-6-2-1-3-7-15/h1-13H,14,22-23H2. The summed E-state index contributed by atoms with van der Waals surface area (Å²) in [5, 5.41) is 5.47. The second-order valence-electron chi connectivity index (χ2n) is 6.29. The van der Waals surface area contributed by atoms with Crippen molar-refractivity contribution in [3.8, 4) is 0 Å². The highest BCUT2D eigenvalue weighted by Crippen LogP contribution is 2.25. The topological polar surface area (TPSA) is 90.2 Å². The highest BCUT2D eigenvalue weighted by atomic mass is 16.2. The molecular formula is C21H19N5O. The number of rotatable bonds is 4. The molecule has 6 nitrogen and oxygen atoms in total. The van der Waals surface area contributed by atoms with Crippen molar-refractivity contribution in [3.05, 3.63) is 84.6 Å². The summed E-state index contributed by atoms with van der Waals surface area (Å²) in [5.74, 6) is -0.146. The first-order chi connectivity index (χ1) is 13.1. The summed E-state index contributed by atoms with van der Waals surface area (Å²) in [7, 11) is 0. The number of anilines is 3. The second kappa shape index (κ2) is 6.84. The fraction of sp³-hybridized carbons (Fsp3) is 0.0476. The number of nitrogens with two attached hydrogens (primary N) is 2. The van der Waals surface area contributed by atoms with Crippen LogP contribution in [0.1, 0.15) is 10.4 Å². The molecule has 134 valence electrons. The molecule has 4 N–H and O–H groups in total. The number of fused-ring (bicyclic) bond motifs is 1. The van der Waals surface area contributed by atoms with Crippen molar-refractivity contribution in [1.29, 1.82) is 0 Å². The zero-order chi connectivity index (χ0) is 18.8. The van der Waals surface area contributed by atoms with Gasteiger partial charge < -0.3 is 11.5 Å². The molecule has 4 rings (SSSR count). The Morgan fingerprint density at radius 1 is 0.963 bits per heavy atom. The maximum Gasteiger partial charge on any atom is 0.259 e. The smallest absolute Gasteiger partial charge is 0.259 e. The minimum absolute atomic E-state index is 0.146. The zero-order valence-corrected chi connectivity index (χ0v) is 14.6. The minimum Gasteiger partial charge on any atom is -0.399 e. The van der Waals surface area contributed by atoms with Gasteiger partial charge in [-0.05, 0) is 42.5 Å². The van der Waals surface area contributed by atoms with E-state index in [9.17, 15) is 4.79 Å². The summed E-state index contributed by atoms with van der Waals surface area (Å²) in [6, 6.07) is 22.0. The first-order valence-corrected chi connectivity index (χ1v) is 8.56. The van der Waals surface area contributed by atoms with Crippen LogP contribution in [-0.2, 0) is 6.67 Å². The average molecular weight is 357 g/mol. The van der Waals surface area contributed by atoms with E-state index < -0.39 is 0 Å². The number of hydrogen-bond acceptors (Lipinski definition) is 4. The molecule has 0 aliphatic rings. The lowest BCUT2D eigenvalue weighted by atomic mass is 10.1. The zero-order valence-electron chi connectivity index (χ0n) is 14.6. The van der Waals surface area contributed by atoms with Crippen molar-refractivity contribution in [2.24, 2.45) is 0 Å². The molecule has 4 aromatic rings. The van der Waals surface area contributed by atoms with Gasteiger partial charge in [0.05, 0.1) is 16.9 Å². The first kappa shape index (κ1) is 16.7. The second-order valence-corrected chi connectivity index (χ2v) is 6.29. The molecule has 0 atom stereocenters. The summed E-state index contributed by atoms with van der Waals surface area (Å²) < 4.78 is 1.72. The Labute approximate surface area is 156 Å². The van der Waals surface area contributed by atoms with Gasteiger partial charge in [-0.1, -0.05) is 30.3 Å². The van der Waals surface area contributed by atoms with E-state index in [0.29, 0.717) is 22.6 Å². The van der Waals surface area contributed by atoms with Crippen molar-refractivity contribution in [1.82, 2.24) is 9.78 Å². The van der Waals surface area contributed by atoms with E-state index in [1.165, 1.54) is 0 Å². The van der Waals surface area contributed by atoms with Gasteiger partial charge in [-0.25, -0.2) is 0 Å². The number of amides is 1. The van der Waals surface area contributed by atoms with Crippen LogP contribution in [0.3, 0.4) is 0 Å². The van der Waals surface area contributed by atoms with Crippen LogP contribution in [-0.4, -0.2) is 15.7 Å². The molecule has 1 amide bonds. The molecule has 0 saturated heterocycles. The Morgan fingerprint density at radius 3 is 2.48 bits per heavy atom. The van der Waals surface area contributed by atoms with Crippen LogP contribution in [0.2, 0.25) is 0 Å². The lowest BCUT2D eigenvalue weighted by Crippen LogP contribution is -2.33. The van der Waals surface area contributed by atoms with Gasteiger partial charge in [0.1, 0.15) is 6.67 Å². The third kappa shape index (κ3) is 3.32. The van der Waals surface area contributed by atoms with Crippen LogP contribution >= 0.6 is 0 Å². The Hall–Kier alpha value is -3.80. The largest absolute Gasteiger partial charge is 0.399 e. The number of nitrogen functional groups attached to an aromatic ring is 2. The van der Waals surface area contributed by atoms with Gasteiger partial charge in [0.25, 0.3) is 5.91 Å². The van der Waals surface area contributed by atoms with Crippen molar-refractivity contribution in [2.45, 2.75) is 6.67 Å². The number of hydrogen-bond donors (Lipinski definition) is 2. The molecule has 27 heavy (non-hydrogen) atoms. The quantitative estimate of drug-likeness (QED) is 0.547.